The van der Waals surface area contributed by atoms with Crippen LogP contribution < -0.4 is 5.32 Å². The van der Waals surface area contributed by atoms with Crippen molar-refractivity contribution in [3.05, 3.63) is 47.7 Å². The molecule has 9 nitrogen and oxygen atoms in total. The molecule has 1 aliphatic carbocycles. The number of nitrogens with one attached hydrogen (secondary N) is 1. The molecule has 160 valence electrons. The van der Waals surface area contributed by atoms with E-state index in [9.17, 15) is 19.1 Å². The molecule has 0 radical (unpaired) electrons. The molecule has 0 spiro atoms. The number of halogens is 1. The van der Waals surface area contributed by atoms with Crippen molar-refractivity contribution in [2.75, 3.05) is 18.4 Å². The van der Waals surface area contributed by atoms with Crippen LogP contribution >= 0.6 is 0 Å². The van der Waals surface area contributed by atoms with Crippen molar-refractivity contribution in [2.45, 2.75) is 38.0 Å². The van der Waals surface area contributed by atoms with Crippen LogP contribution in [0, 0.1) is 5.82 Å². The van der Waals surface area contributed by atoms with Gasteiger partial charge >= 0.3 is 0 Å². The van der Waals surface area contributed by atoms with Gasteiger partial charge in [0.05, 0.1) is 18.4 Å². The fourth-order valence-electron chi connectivity index (χ4n) is 4.16. The molecule has 10 heteroatoms. The molecule has 1 atom stereocenters. The molecule has 0 bridgehead atoms. The van der Waals surface area contributed by atoms with Crippen molar-refractivity contribution < 1.29 is 19.1 Å². The number of carbonyl (C=O) groups is 2. The first kappa shape index (κ1) is 19.6. The highest BCUT2D eigenvalue weighted by Crippen LogP contribution is 2.40. The van der Waals surface area contributed by atoms with Crippen LogP contribution in [0.3, 0.4) is 0 Å². The molecule has 2 aromatic heterocycles. The Labute approximate surface area is 177 Å². The molecule has 3 aliphatic rings. The van der Waals surface area contributed by atoms with Crippen LogP contribution in [0.15, 0.2) is 41.9 Å². The van der Waals surface area contributed by atoms with Gasteiger partial charge < -0.3 is 20.2 Å². The summed E-state index contributed by atoms with van der Waals surface area (Å²) in [6.45, 7) is 0.549. The third kappa shape index (κ3) is 3.74. The number of aliphatic hydroxyl groups is 1. The minimum Gasteiger partial charge on any atom is -0.369 e. The molecule has 31 heavy (non-hydrogen) atoms. The average Bonchev–Trinajstić information content (AvgIpc) is 3.55. The molecule has 0 aromatic carbocycles. The van der Waals surface area contributed by atoms with Crippen molar-refractivity contribution in [3.8, 4) is 11.3 Å². The van der Waals surface area contributed by atoms with Crippen LogP contribution in [-0.4, -0.2) is 67.3 Å². The van der Waals surface area contributed by atoms with Crippen molar-refractivity contribution >= 4 is 17.6 Å². The van der Waals surface area contributed by atoms with E-state index in [2.05, 4.69) is 20.5 Å². The van der Waals surface area contributed by atoms with Gasteiger partial charge in [-0.25, -0.2) is 4.39 Å². The largest absolute Gasteiger partial charge is 0.369 e. The second-order valence-corrected chi connectivity index (χ2v) is 7.96. The Hall–Kier alpha value is -3.40. The van der Waals surface area contributed by atoms with Crippen molar-refractivity contribution in [2.24, 2.45) is 0 Å². The van der Waals surface area contributed by atoms with Gasteiger partial charge in [-0.3, -0.25) is 14.6 Å². The van der Waals surface area contributed by atoms with Crippen molar-refractivity contribution in [1.29, 1.82) is 0 Å². The van der Waals surface area contributed by atoms with Crippen LogP contribution in [0.25, 0.3) is 11.3 Å². The maximum absolute atomic E-state index is 13.3. The van der Waals surface area contributed by atoms with Gasteiger partial charge in [0, 0.05) is 29.9 Å². The summed E-state index contributed by atoms with van der Waals surface area (Å²) in [4.78, 5) is 32.5. The molecule has 0 saturated heterocycles. The van der Waals surface area contributed by atoms with Crippen molar-refractivity contribution in [1.82, 2.24) is 25.0 Å². The van der Waals surface area contributed by atoms with E-state index >= 15 is 0 Å². The fraction of sp³-hybridized carbons (Fsp3) is 0.381. The molecule has 2 amide bonds. The number of aliphatic hydroxyl groups excluding tert-OH is 1. The lowest BCUT2D eigenvalue weighted by Crippen LogP contribution is -2.40. The summed E-state index contributed by atoms with van der Waals surface area (Å²) < 4.78 is 13.3. The van der Waals surface area contributed by atoms with Crippen LogP contribution in [0.2, 0.25) is 0 Å². The Morgan fingerprint density at radius 1 is 1.26 bits per heavy atom. The zero-order chi connectivity index (χ0) is 21.5. The van der Waals surface area contributed by atoms with Crippen LogP contribution in [0.4, 0.5) is 10.2 Å². The van der Waals surface area contributed by atoms with Crippen LogP contribution in [-0.2, 0) is 9.59 Å². The van der Waals surface area contributed by atoms with Gasteiger partial charge in [0.15, 0.2) is 12.0 Å². The third-order valence-electron chi connectivity index (χ3n) is 5.71. The number of hydrogen-bond donors (Lipinski definition) is 2. The number of aromatic nitrogens is 3. The number of pyridine rings is 1. The van der Waals surface area contributed by atoms with E-state index in [1.807, 2.05) is 0 Å². The second kappa shape index (κ2) is 7.69. The van der Waals surface area contributed by atoms with Gasteiger partial charge in [-0.1, -0.05) is 0 Å². The lowest BCUT2D eigenvalue weighted by atomic mass is 10.0. The zero-order valence-electron chi connectivity index (χ0n) is 16.7. The van der Waals surface area contributed by atoms with Crippen molar-refractivity contribution in [3.63, 3.8) is 0 Å². The quantitative estimate of drug-likeness (QED) is 0.744. The molecular formula is C21H21FN6O3. The normalized spacial score (nSPS) is 20.8. The molecule has 5 rings (SSSR count). The van der Waals surface area contributed by atoms with Gasteiger partial charge in [-0.05, 0) is 43.9 Å². The number of anilines is 1. The smallest absolute Gasteiger partial charge is 0.272 e. The summed E-state index contributed by atoms with van der Waals surface area (Å²) in [6, 6.07) is 4.59. The Kier molecular flexibility index (Phi) is 4.85. The highest BCUT2D eigenvalue weighted by molar-refractivity contribution is 5.99. The number of amides is 2. The van der Waals surface area contributed by atoms with Gasteiger partial charge in [-0.15, -0.1) is 10.2 Å². The minimum atomic E-state index is -0.878. The standard InChI is InChI=1S/C21H21FN6O3/c22-13-8-12(9-23-10-13)16-5-6-17(26-25-16)24-18(29)11-27-7-1-2-15-19(27)21(31)28(20(15)30)14-3-4-14/h5-6,8-10,14,20,30H,1-4,7,11H2,(H,24,26,29). The SMILES string of the molecule is O=C(CN1CCCC2=C1C(=O)N(C1CC1)C2O)Nc1ccc(-c2cncc(F)c2)nn1. The Balaban J connectivity index is 1.26. The number of nitrogens with zero attached hydrogens (tertiary/aromatic N) is 5. The molecule has 1 unspecified atom stereocenters. The fourth-order valence-corrected chi connectivity index (χ4v) is 4.16. The zero-order valence-corrected chi connectivity index (χ0v) is 16.7. The summed E-state index contributed by atoms with van der Waals surface area (Å²) in [5.41, 5.74) is 2.09. The first-order valence-corrected chi connectivity index (χ1v) is 10.2. The molecular weight excluding hydrogens is 403 g/mol. The van der Waals surface area contributed by atoms with E-state index in [0.717, 1.165) is 25.5 Å². The number of rotatable bonds is 5. The average molecular weight is 424 g/mol. The molecule has 2 aromatic rings. The highest BCUT2D eigenvalue weighted by atomic mass is 19.1. The van der Waals surface area contributed by atoms with E-state index in [1.165, 1.54) is 12.3 Å². The highest BCUT2D eigenvalue weighted by Gasteiger charge is 2.48. The third-order valence-corrected chi connectivity index (χ3v) is 5.71. The summed E-state index contributed by atoms with van der Waals surface area (Å²) in [6.07, 6.45) is 4.94. The predicted molar refractivity (Wildman–Crippen MR) is 108 cm³/mol. The van der Waals surface area contributed by atoms with E-state index in [1.54, 1.807) is 21.9 Å². The molecule has 4 heterocycles. The summed E-state index contributed by atoms with van der Waals surface area (Å²) in [5, 5.41) is 21.2. The summed E-state index contributed by atoms with van der Waals surface area (Å²) >= 11 is 0. The van der Waals surface area contributed by atoms with Gasteiger partial charge in [0.1, 0.15) is 11.5 Å². The number of hydrogen-bond acceptors (Lipinski definition) is 7. The van der Waals surface area contributed by atoms with Gasteiger partial charge in [-0.2, -0.15) is 0 Å². The second-order valence-electron chi connectivity index (χ2n) is 7.96. The monoisotopic (exact) mass is 424 g/mol. The first-order chi connectivity index (χ1) is 15.0. The topological polar surface area (TPSA) is 112 Å². The number of carbonyl (C=O) groups excluding carboxylic acids is 2. The molecule has 1 fully saturated rings. The minimum absolute atomic E-state index is 0.0208. The van der Waals surface area contributed by atoms with Gasteiger partial charge in [0.25, 0.3) is 5.91 Å². The van der Waals surface area contributed by atoms with Crippen LogP contribution in [0.1, 0.15) is 25.7 Å². The van der Waals surface area contributed by atoms with E-state index in [4.69, 9.17) is 0 Å². The van der Waals surface area contributed by atoms with E-state index in [-0.39, 0.29) is 30.2 Å². The van der Waals surface area contributed by atoms with E-state index in [0.29, 0.717) is 35.5 Å². The first-order valence-electron chi connectivity index (χ1n) is 10.2. The maximum Gasteiger partial charge on any atom is 0.272 e. The summed E-state index contributed by atoms with van der Waals surface area (Å²) in [5.74, 6) is -0.749. The Bertz CT molecular complexity index is 1070. The van der Waals surface area contributed by atoms with E-state index < -0.39 is 12.0 Å². The molecule has 2 N–H and O–H groups in total. The maximum atomic E-state index is 13.3. The Morgan fingerprint density at radius 2 is 2.10 bits per heavy atom. The molecule has 1 saturated carbocycles. The predicted octanol–water partition coefficient (Wildman–Crippen LogP) is 1.29. The summed E-state index contributed by atoms with van der Waals surface area (Å²) in [7, 11) is 0. The molecule has 2 aliphatic heterocycles. The lowest BCUT2D eigenvalue weighted by Gasteiger charge is -2.28. The van der Waals surface area contributed by atoms with Gasteiger partial charge in [0.2, 0.25) is 5.91 Å². The van der Waals surface area contributed by atoms with Crippen LogP contribution in [0.5, 0.6) is 0 Å². The Morgan fingerprint density at radius 3 is 2.81 bits per heavy atom. The lowest BCUT2D eigenvalue weighted by molar-refractivity contribution is -0.133.